The first-order valence-corrected chi connectivity index (χ1v) is 6.16. The molecule has 0 unspecified atom stereocenters. The number of hydrogen-bond acceptors (Lipinski definition) is 4. The van der Waals surface area contributed by atoms with E-state index < -0.39 is 11.2 Å². The Morgan fingerprint density at radius 3 is 2.65 bits per heavy atom. The predicted octanol–water partition coefficient (Wildman–Crippen LogP) is 3.29. The van der Waals surface area contributed by atoms with Crippen LogP contribution in [0.25, 0.3) is 17.0 Å². The standard InChI is InChI=1S/C16H14O4/c1-3-5-10-7-12-15(20-9-14(18)16(12)19)8-11(10)13(17)6-4-2/h3-9,18H,1-2H3. The summed E-state index contributed by atoms with van der Waals surface area (Å²) < 4.78 is 5.17. The fourth-order valence-electron chi connectivity index (χ4n) is 1.95. The number of aromatic hydroxyl groups is 1. The SMILES string of the molecule is CC=CC(=O)c1cc2occ(O)c(=O)c2cc1C=CC. The van der Waals surface area contributed by atoms with E-state index >= 15 is 0 Å². The van der Waals surface area contributed by atoms with E-state index in [1.54, 1.807) is 31.2 Å². The lowest BCUT2D eigenvalue weighted by Gasteiger charge is -2.05. The summed E-state index contributed by atoms with van der Waals surface area (Å²) in [6, 6.07) is 3.07. The predicted molar refractivity (Wildman–Crippen MR) is 78.0 cm³/mol. The lowest BCUT2D eigenvalue weighted by atomic mass is 10.00. The quantitative estimate of drug-likeness (QED) is 0.686. The highest BCUT2D eigenvalue weighted by Gasteiger charge is 2.13. The second-order valence-electron chi connectivity index (χ2n) is 4.25. The Bertz CT molecular complexity index is 779. The molecule has 0 amide bonds. The highest BCUT2D eigenvalue weighted by atomic mass is 16.3. The summed E-state index contributed by atoms with van der Waals surface area (Å²) in [5, 5.41) is 9.64. The Labute approximate surface area is 115 Å². The Kier molecular flexibility index (Phi) is 3.84. The molecule has 0 saturated carbocycles. The van der Waals surface area contributed by atoms with Gasteiger partial charge in [-0.2, -0.15) is 0 Å². The number of carbonyl (C=O) groups is 1. The molecule has 0 fully saturated rings. The van der Waals surface area contributed by atoms with Gasteiger partial charge in [0.1, 0.15) is 11.8 Å². The molecule has 20 heavy (non-hydrogen) atoms. The van der Waals surface area contributed by atoms with Crippen LogP contribution < -0.4 is 5.43 Å². The summed E-state index contributed by atoms with van der Waals surface area (Å²) in [6.45, 7) is 3.57. The van der Waals surface area contributed by atoms with E-state index in [1.165, 1.54) is 12.1 Å². The molecule has 2 rings (SSSR count). The molecule has 1 aromatic carbocycles. The average molecular weight is 270 g/mol. The minimum atomic E-state index is -0.512. The van der Waals surface area contributed by atoms with E-state index in [2.05, 4.69) is 0 Å². The summed E-state index contributed by atoms with van der Waals surface area (Å²) >= 11 is 0. The molecule has 1 heterocycles. The fourth-order valence-corrected chi connectivity index (χ4v) is 1.95. The van der Waals surface area contributed by atoms with Gasteiger partial charge in [-0.1, -0.05) is 18.2 Å². The second-order valence-corrected chi connectivity index (χ2v) is 4.25. The van der Waals surface area contributed by atoms with Crippen molar-refractivity contribution in [1.82, 2.24) is 0 Å². The molecule has 0 saturated heterocycles. The van der Waals surface area contributed by atoms with Crippen molar-refractivity contribution in [3.05, 3.63) is 58.0 Å². The maximum Gasteiger partial charge on any atom is 0.234 e. The monoisotopic (exact) mass is 270 g/mol. The largest absolute Gasteiger partial charge is 0.502 e. The first kappa shape index (κ1) is 13.8. The third-order valence-corrected chi connectivity index (χ3v) is 2.86. The third-order valence-electron chi connectivity index (χ3n) is 2.86. The van der Waals surface area contributed by atoms with Gasteiger partial charge in [0.2, 0.25) is 5.43 Å². The molecular formula is C16H14O4. The topological polar surface area (TPSA) is 67.5 Å². The molecule has 0 aliphatic carbocycles. The summed E-state index contributed by atoms with van der Waals surface area (Å²) in [7, 11) is 0. The van der Waals surface area contributed by atoms with E-state index in [9.17, 15) is 14.7 Å². The van der Waals surface area contributed by atoms with Crippen molar-refractivity contribution in [3.8, 4) is 5.75 Å². The van der Waals surface area contributed by atoms with Crippen molar-refractivity contribution >= 4 is 22.8 Å². The van der Waals surface area contributed by atoms with Gasteiger partial charge in [-0.3, -0.25) is 9.59 Å². The first-order chi connectivity index (χ1) is 9.58. The Morgan fingerprint density at radius 2 is 2.00 bits per heavy atom. The molecule has 0 spiro atoms. The van der Waals surface area contributed by atoms with Crippen LogP contribution in [0.4, 0.5) is 0 Å². The van der Waals surface area contributed by atoms with Crippen molar-refractivity contribution in [3.63, 3.8) is 0 Å². The smallest absolute Gasteiger partial charge is 0.234 e. The van der Waals surface area contributed by atoms with Crippen molar-refractivity contribution in [2.24, 2.45) is 0 Å². The number of carbonyl (C=O) groups excluding carboxylic acids is 1. The molecule has 1 N–H and O–H groups in total. The molecule has 4 nitrogen and oxygen atoms in total. The fraction of sp³-hybridized carbons (Fsp3) is 0.125. The zero-order valence-electron chi connectivity index (χ0n) is 11.2. The molecule has 0 radical (unpaired) electrons. The summed E-state index contributed by atoms with van der Waals surface area (Å²) in [4.78, 5) is 23.9. The van der Waals surface area contributed by atoms with Crippen molar-refractivity contribution in [2.45, 2.75) is 13.8 Å². The lowest BCUT2D eigenvalue weighted by molar-refractivity contribution is 0.104. The van der Waals surface area contributed by atoms with E-state index in [0.717, 1.165) is 6.26 Å². The van der Waals surface area contributed by atoms with E-state index in [0.29, 0.717) is 11.1 Å². The number of allylic oxidation sites excluding steroid dienone is 3. The minimum Gasteiger partial charge on any atom is -0.502 e. The van der Waals surface area contributed by atoms with Gasteiger partial charge in [0, 0.05) is 5.56 Å². The van der Waals surface area contributed by atoms with Crippen LogP contribution in [0, 0.1) is 0 Å². The molecule has 1 aromatic heterocycles. The summed E-state index contributed by atoms with van der Waals surface area (Å²) in [5.74, 6) is -0.616. The van der Waals surface area contributed by atoms with Crippen LogP contribution >= 0.6 is 0 Å². The number of hydrogen-bond donors (Lipinski definition) is 1. The van der Waals surface area contributed by atoms with Gasteiger partial charge in [0.15, 0.2) is 11.5 Å². The van der Waals surface area contributed by atoms with Crippen LogP contribution in [0.3, 0.4) is 0 Å². The van der Waals surface area contributed by atoms with Crippen LogP contribution in [0.1, 0.15) is 29.8 Å². The lowest BCUT2D eigenvalue weighted by Crippen LogP contribution is -2.04. The molecule has 0 atom stereocenters. The summed E-state index contributed by atoms with van der Waals surface area (Å²) in [5.41, 5.74) is 0.819. The van der Waals surface area contributed by atoms with Gasteiger partial charge >= 0.3 is 0 Å². The van der Waals surface area contributed by atoms with E-state index in [-0.39, 0.29) is 16.8 Å². The number of fused-ring (bicyclic) bond motifs is 1. The van der Waals surface area contributed by atoms with Crippen molar-refractivity contribution in [2.75, 3.05) is 0 Å². The highest BCUT2D eigenvalue weighted by molar-refractivity contribution is 6.09. The van der Waals surface area contributed by atoms with Crippen LogP contribution in [0.15, 0.2) is 45.8 Å². The van der Waals surface area contributed by atoms with E-state index in [4.69, 9.17) is 4.42 Å². The number of rotatable bonds is 3. The van der Waals surface area contributed by atoms with E-state index in [1.807, 2.05) is 6.92 Å². The Hall–Kier alpha value is -2.62. The summed E-state index contributed by atoms with van der Waals surface area (Å²) in [6.07, 6.45) is 7.59. The van der Waals surface area contributed by atoms with Gasteiger partial charge in [-0.05, 0) is 37.6 Å². The van der Waals surface area contributed by atoms with Gasteiger partial charge in [0.25, 0.3) is 0 Å². The maximum atomic E-state index is 12.0. The van der Waals surface area contributed by atoms with Crippen LogP contribution in [0.2, 0.25) is 0 Å². The van der Waals surface area contributed by atoms with Gasteiger partial charge in [-0.25, -0.2) is 0 Å². The minimum absolute atomic E-state index is 0.168. The van der Waals surface area contributed by atoms with Gasteiger partial charge in [-0.15, -0.1) is 0 Å². The molecular weight excluding hydrogens is 256 g/mol. The zero-order valence-corrected chi connectivity index (χ0v) is 11.2. The molecule has 4 heteroatoms. The second kappa shape index (κ2) is 5.57. The normalized spacial score (nSPS) is 11.7. The molecule has 0 aliphatic heterocycles. The molecule has 2 aromatic rings. The molecule has 0 bridgehead atoms. The third kappa shape index (κ3) is 2.40. The Morgan fingerprint density at radius 1 is 1.25 bits per heavy atom. The molecule has 102 valence electrons. The van der Waals surface area contributed by atoms with Crippen LogP contribution in [0.5, 0.6) is 5.75 Å². The average Bonchev–Trinajstić information content (AvgIpc) is 2.43. The van der Waals surface area contributed by atoms with Crippen molar-refractivity contribution in [1.29, 1.82) is 0 Å². The number of ketones is 1. The maximum absolute atomic E-state index is 12.0. The number of benzene rings is 1. The zero-order chi connectivity index (χ0) is 14.7. The first-order valence-electron chi connectivity index (χ1n) is 6.16. The van der Waals surface area contributed by atoms with Crippen molar-refractivity contribution < 1.29 is 14.3 Å². The van der Waals surface area contributed by atoms with Gasteiger partial charge < -0.3 is 9.52 Å². The van der Waals surface area contributed by atoms with Crippen LogP contribution in [-0.4, -0.2) is 10.9 Å². The van der Waals surface area contributed by atoms with Gasteiger partial charge in [0.05, 0.1) is 5.39 Å². The van der Waals surface area contributed by atoms with Crippen LogP contribution in [-0.2, 0) is 0 Å². The Balaban J connectivity index is 2.81. The molecule has 0 aliphatic rings. The highest BCUT2D eigenvalue weighted by Crippen LogP contribution is 2.22.